The van der Waals surface area contributed by atoms with Crippen molar-refractivity contribution in [3.05, 3.63) is 46.0 Å². The number of aromatic amines is 1. The van der Waals surface area contributed by atoms with Crippen molar-refractivity contribution < 1.29 is 4.79 Å². The largest absolute Gasteiger partial charge is 0.343 e. The van der Waals surface area contributed by atoms with Crippen LogP contribution in [0.4, 0.5) is 0 Å². The number of carbonyl (C=O) groups excluding carboxylic acids is 1. The van der Waals surface area contributed by atoms with Crippen LogP contribution in [0.25, 0.3) is 11.3 Å². The third-order valence-electron chi connectivity index (χ3n) is 3.80. The van der Waals surface area contributed by atoms with Crippen molar-refractivity contribution in [1.29, 1.82) is 0 Å². The summed E-state index contributed by atoms with van der Waals surface area (Å²) in [5.41, 5.74) is 2.97. The molecule has 0 aliphatic carbocycles. The molecule has 3 aromatic rings. The van der Waals surface area contributed by atoms with Crippen molar-refractivity contribution in [3.8, 4) is 5.69 Å². The highest BCUT2D eigenvalue weighted by Gasteiger charge is 2.16. The molecule has 1 amide bonds. The lowest BCUT2D eigenvalue weighted by Gasteiger charge is -2.07. The summed E-state index contributed by atoms with van der Waals surface area (Å²) in [6.07, 6.45) is 5.38. The minimum atomic E-state index is -0.182. The number of rotatable bonds is 3. The molecule has 0 spiro atoms. The van der Waals surface area contributed by atoms with Crippen LogP contribution in [0.2, 0.25) is 0 Å². The molecular weight excluding hydrogens is 296 g/mol. The van der Waals surface area contributed by atoms with Gasteiger partial charge in [0, 0.05) is 31.5 Å². The minimum absolute atomic E-state index is 0.130. The number of hydrogen-bond acceptors (Lipinski definition) is 4. The topological polar surface area (TPSA) is 88.3 Å². The summed E-state index contributed by atoms with van der Waals surface area (Å²) in [6, 6.07) is 0. The summed E-state index contributed by atoms with van der Waals surface area (Å²) in [5, 5.41) is 4.16. The Kier molecular flexibility index (Phi) is 3.51. The fourth-order valence-corrected chi connectivity index (χ4v) is 2.55. The fraction of sp³-hybridized carbons (Fsp3) is 0.333. The zero-order valence-corrected chi connectivity index (χ0v) is 13.5. The summed E-state index contributed by atoms with van der Waals surface area (Å²) in [6.45, 7) is 3.80. The van der Waals surface area contributed by atoms with Gasteiger partial charge in [-0.05, 0) is 13.3 Å². The standard InChI is InChI=1S/C15H18N6O2/c1-5-10-9(2)18-13-12(6-17-21(13)14(10)22)20-7-11(16-8-20)15(23)19(3)4/h6-8,18H,5H2,1-4H3. The second kappa shape index (κ2) is 5.38. The van der Waals surface area contributed by atoms with Gasteiger partial charge in [-0.2, -0.15) is 9.61 Å². The molecule has 120 valence electrons. The summed E-state index contributed by atoms with van der Waals surface area (Å²) in [5.74, 6) is -0.182. The molecule has 0 aliphatic heterocycles. The van der Waals surface area contributed by atoms with E-state index in [9.17, 15) is 9.59 Å². The molecule has 8 heteroatoms. The number of hydrogen-bond donors (Lipinski definition) is 1. The first-order chi connectivity index (χ1) is 10.9. The molecule has 0 saturated heterocycles. The zero-order valence-electron chi connectivity index (χ0n) is 13.5. The zero-order chi connectivity index (χ0) is 16.7. The summed E-state index contributed by atoms with van der Waals surface area (Å²) < 4.78 is 3.02. The van der Waals surface area contributed by atoms with Crippen LogP contribution in [0.3, 0.4) is 0 Å². The summed E-state index contributed by atoms with van der Waals surface area (Å²) >= 11 is 0. The lowest BCUT2D eigenvalue weighted by atomic mass is 10.2. The Bertz CT molecular complexity index is 947. The average Bonchev–Trinajstić information content (AvgIpc) is 3.13. The van der Waals surface area contributed by atoms with E-state index in [-0.39, 0.29) is 11.5 Å². The number of fused-ring (bicyclic) bond motifs is 1. The fourth-order valence-electron chi connectivity index (χ4n) is 2.55. The van der Waals surface area contributed by atoms with Crippen molar-refractivity contribution in [2.75, 3.05) is 14.1 Å². The molecular formula is C15H18N6O2. The van der Waals surface area contributed by atoms with Gasteiger partial charge in [0.2, 0.25) is 0 Å². The molecule has 0 aliphatic rings. The second-order valence-electron chi connectivity index (χ2n) is 5.54. The highest BCUT2D eigenvalue weighted by atomic mass is 16.2. The number of imidazole rings is 1. The smallest absolute Gasteiger partial charge is 0.277 e. The number of nitrogens with one attached hydrogen (secondary N) is 1. The Morgan fingerprint density at radius 3 is 2.78 bits per heavy atom. The van der Waals surface area contributed by atoms with E-state index in [0.29, 0.717) is 29.0 Å². The van der Waals surface area contributed by atoms with Gasteiger partial charge in [-0.1, -0.05) is 6.92 Å². The molecule has 0 atom stereocenters. The lowest BCUT2D eigenvalue weighted by Crippen LogP contribution is -2.22. The molecule has 1 N–H and O–H groups in total. The van der Waals surface area contributed by atoms with Crippen molar-refractivity contribution >= 4 is 11.6 Å². The molecule has 3 aromatic heterocycles. The number of nitrogens with zero attached hydrogens (tertiary/aromatic N) is 5. The minimum Gasteiger partial charge on any atom is -0.343 e. The summed E-state index contributed by atoms with van der Waals surface area (Å²) in [4.78, 5) is 33.2. The van der Waals surface area contributed by atoms with Gasteiger partial charge in [0.15, 0.2) is 5.65 Å². The van der Waals surface area contributed by atoms with E-state index >= 15 is 0 Å². The van der Waals surface area contributed by atoms with Gasteiger partial charge in [0.25, 0.3) is 11.5 Å². The van der Waals surface area contributed by atoms with E-state index in [0.717, 1.165) is 5.69 Å². The van der Waals surface area contributed by atoms with Gasteiger partial charge in [0.05, 0.1) is 6.20 Å². The first-order valence-corrected chi connectivity index (χ1v) is 7.29. The van der Waals surface area contributed by atoms with Crippen LogP contribution in [-0.4, -0.2) is 49.1 Å². The number of H-pyrrole nitrogens is 1. The van der Waals surface area contributed by atoms with Crippen molar-refractivity contribution in [2.45, 2.75) is 20.3 Å². The first kappa shape index (κ1) is 15.0. The Morgan fingerprint density at radius 2 is 2.13 bits per heavy atom. The van der Waals surface area contributed by atoms with Crippen molar-refractivity contribution in [2.24, 2.45) is 0 Å². The molecule has 0 radical (unpaired) electrons. The van der Waals surface area contributed by atoms with Gasteiger partial charge in [-0.15, -0.1) is 0 Å². The Balaban J connectivity index is 2.15. The molecule has 0 bridgehead atoms. The van der Waals surface area contributed by atoms with E-state index in [1.807, 2.05) is 13.8 Å². The van der Waals surface area contributed by atoms with Crippen LogP contribution in [0.15, 0.2) is 23.5 Å². The highest BCUT2D eigenvalue weighted by Crippen LogP contribution is 2.15. The van der Waals surface area contributed by atoms with Gasteiger partial charge in [0.1, 0.15) is 17.7 Å². The maximum Gasteiger partial charge on any atom is 0.277 e. The molecule has 0 saturated carbocycles. The van der Waals surface area contributed by atoms with E-state index in [4.69, 9.17) is 0 Å². The number of carbonyl (C=O) groups is 1. The van der Waals surface area contributed by atoms with Crippen LogP contribution >= 0.6 is 0 Å². The van der Waals surface area contributed by atoms with Crippen molar-refractivity contribution in [3.63, 3.8) is 0 Å². The quantitative estimate of drug-likeness (QED) is 0.774. The van der Waals surface area contributed by atoms with Crippen LogP contribution in [-0.2, 0) is 6.42 Å². The molecule has 8 nitrogen and oxygen atoms in total. The molecule has 0 fully saturated rings. The van der Waals surface area contributed by atoms with E-state index in [1.165, 1.54) is 15.7 Å². The second-order valence-corrected chi connectivity index (χ2v) is 5.54. The van der Waals surface area contributed by atoms with Crippen LogP contribution in [0.1, 0.15) is 28.7 Å². The predicted octanol–water partition coefficient (Wildman–Crippen LogP) is 0.781. The van der Waals surface area contributed by atoms with E-state index < -0.39 is 0 Å². The average molecular weight is 314 g/mol. The maximum atomic E-state index is 12.4. The highest BCUT2D eigenvalue weighted by molar-refractivity contribution is 5.91. The van der Waals surface area contributed by atoms with Gasteiger partial charge < -0.3 is 14.5 Å². The van der Waals surface area contributed by atoms with Gasteiger partial charge >= 0.3 is 0 Å². The molecule has 3 heterocycles. The normalized spacial score (nSPS) is 11.1. The summed E-state index contributed by atoms with van der Waals surface area (Å²) in [7, 11) is 3.34. The molecule has 0 unspecified atom stereocenters. The number of aromatic nitrogens is 5. The number of aryl methyl sites for hydroxylation is 1. The molecule has 3 rings (SSSR count). The number of amides is 1. The monoisotopic (exact) mass is 314 g/mol. The maximum absolute atomic E-state index is 12.4. The van der Waals surface area contributed by atoms with Gasteiger partial charge in [-0.25, -0.2) is 4.98 Å². The SMILES string of the molecule is CCc1c(C)[nH]c2c(-n3cnc(C(=O)N(C)C)c3)cnn2c1=O. The third-order valence-corrected chi connectivity index (χ3v) is 3.80. The first-order valence-electron chi connectivity index (χ1n) is 7.29. The molecule has 23 heavy (non-hydrogen) atoms. The van der Waals surface area contributed by atoms with E-state index in [2.05, 4.69) is 15.1 Å². The molecule has 0 aromatic carbocycles. The van der Waals surface area contributed by atoms with Crippen LogP contribution in [0, 0.1) is 6.92 Å². The van der Waals surface area contributed by atoms with Crippen LogP contribution < -0.4 is 5.56 Å². The van der Waals surface area contributed by atoms with E-state index in [1.54, 1.807) is 31.1 Å². The lowest BCUT2D eigenvalue weighted by molar-refractivity contribution is 0.0822. The van der Waals surface area contributed by atoms with Gasteiger partial charge in [-0.3, -0.25) is 9.59 Å². The van der Waals surface area contributed by atoms with Crippen molar-refractivity contribution in [1.82, 2.24) is 29.0 Å². The Labute approximate surface area is 132 Å². The predicted molar refractivity (Wildman–Crippen MR) is 85.1 cm³/mol. The Morgan fingerprint density at radius 1 is 1.39 bits per heavy atom. The third kappa shape index (κ3) is 2.32. The Hall–Kier alpha value is -2.90. The van der Waals surface area contributed by atoms with Crippen LogP contribution in [0.5, 0.6) is 0 Å².